The third-order valence-electron chi connectivity index (χ3n) is 2.66. The number of aromatic nitrogens is 3. The first kappa shape index (κ1) is 14.9. The monoisotopic (exact) mass is 275 g/mol. The largest absolute Gasteiger partial charge is 0.394 e. The fourth-order valence-corrected chi connectivity index (χ4v) is 1.43. The summed E-state index contributed by atoms with van der Waals surface area (Å²) in [5.41, 5.74) is -0.867. The van der Waals surface area contributed by atoms with Gasteiger partial charge in [-0.1, -0.05) is 6.92 Å². The van der Waals surface area contributed by atoms with Gasteiger partial charge in [-0.05, 0) is 18.0 Å². The molecule has 7 nitrogen and oxygen atoms in total. The smallest absolute Gasteiger partial charge is 0.230 e. The summed E-state index contributed by atoms with van der Waals surface area (Å²) >= 11 is 5.80. The molecule has 1 aromatic rings. The molecule has 0 aliphatic carbocycles. The van der Waals surface area contributed by atoms with Crippen molar-refractivity contribution in [3.05, 3.63) is 5.28 Å². The van der Waals surface area contributed by atoms with Crippen LogP contribution in [0, 0.1) is 0 Å². The Morgan fingerprint density at radius 3 is 2.28 bits per heavy atom. The molecule has 3 N–H and O–H groups in total. The molecule has 0 aromatic carbocycles. The molecule has 0 aliphatic rings. The second kappa shape index (κ2) is 6.12. The standard InChI is InChI=1S/C10H18ClN5O2/c1-4-10(5-17,6-18)15-8-12-7(11)13-9(14-8)16(2)3/h17-18H,4-6H2,1-3H3,(H,12,13,14,15). The van der Waals surface area contributed by atoms with Crippen LogP contribution in [0.25, 0.3) is 0 Å². The summed E-state index contributed by atoms with van der Waals surface area (Å²) in [5, 5.41) is 21.7. The maximum Gasteiger partial charge on any atom is 0.230 e. The van der Waals surface area contributed by atoms with Gasteiger partial charge in [0.05, 0.1) is 18.8 Å². The molecular formula is C10H18ClN5O2. The van der Waals surface area contributed by atoms with Gasteiger partial charge >= 0.3 is 0 Å². The van der Waals surface area contributed by atoms with Gasteiger partial charge in [0.15, 0.2) is 0 Å². The minimum absolute atomic E-state index is 0.0529. The van der Waals surface area contributed by atoms with Crippen LogP contribution in [0.5, 0.6) is 0 Å². The van der Waals surface area contributed by atoms with E-state index in [4.69, 9.17) is 11.6 Å². The Morgan fingerprint density at radius 1 is 1.22 bits per heavy atom. The predicted octanol–water partition coefficient (Wildman–Crippen LogP) is 0.136. The van der Waals surface area contributed by atoms with Crippen molar-refractivity contribution in [3.63, 3.8) is 0 Å². The number of halogens is 1. The Morgan fingerprint density at radius 2 is 1.83 bits per heavy atom. The van der Waals surface area contributed by atoms with E-state index in [9.17, 15) is 10.2 Å². The fraction of sp³-hybridized carbons (Fsp3) is 0.700. The molecule has 8 heteroatoms. The number of hydrogen-bond acceptors (Lipinski definition) is 7. The summed E-state index contributed by atoms with van der Waals surface area (Å²) in [5.74, 6) is 0.627. The molecule has 0 bridgehead atoms. The van der Waals surface area contributed by atoms with Crippen LogP contribution in [0.15, 0.2) is 0 Å². The quantitative estimate of drug-likeness (QED) is 0.680. The summed E-state index contributed by atoms with van der Waals surface area (Å²) in [6.07, 6.45) is 0.514. The lowest BCUT2D eigenvalue weighted by atomic mass is 9.99. The van der Waals surface area contributed by atoms with Crippen LogP contribution < -0.4 is 10.2 Å². The lowest BCUT2D eigenvalue weighted by Gasteiger charge is -2.29. The van der Waals surface area contributed by atoms with Crippen LogP contribution >= 0.6 is 11.6 Å². The molecule has 0 radical (unpaired) electrons. The Balaban J connectivity index is 3.03. The zero-order chi connectivity index (χ0) is 13.8. The topological polar surface area (TPSA) is 94.4 Å². The average molecular weight is 276 g/mol. The van der Waals surface area contributed by atoms with Gasteiger partial charge in [0, 0.05) is 14.1 Å². The van der Waals surface area contributed by atoms with E-state index in [0.717, 1.165) is 0 Å². The summed E-state index contributed by atoms with van der Waals surface area (Å²) < 4.78 is 0. The van der Waals surface area contributed by atoms with E-state index >= 15 is 0 Å². The number of nitrogens with zero attached hydrogens (tertiary/aromatic N) is 4. The van der Waals surface area contributed by atoms with Crippen molar-refractivity contribution in [2.45, 2.75) is 18.9 Å². The Kier molecular flexibility index (Phi) is 5.06. The molecule has 0 aliphatic heterocycles. The van der Waals surface area contributed by atoms with Gasteiger partial charge in [-0.3, -0.25) is 0 Å². The molecule has 1 aromatic heterocycles. The maximum atomic E-state index is 9.35. The summed E-state index contributed by atoms with van der Waals surface area (Å²) in [6.45, 7) is 1.37. The number of aliphatic hydroxyl groups is 2. The van der Waals surface area contributed by atoms with E-state index in [-0.39, 0.29) is 24.4 Å². The molecule has 1 heterocycles. The van der Waals surface area contributed by atoms with Crippen molar-refractivity contribution < 1.29 is 10.2 Å². The van der Waals surface area contributed by atoms with Gasteiger partial charge in [-0.2, -0.15) is 15.0 Å². The van der Waals surface area contributed by atoms with Gasteiger partial charge in [0.2, 0.25) is 17.2 Å². The highest BCUT2D eigenvalue weighted by atomic mass is 35.5. The first-order valence-electron chi connectivity index (χ1n) is 5.55. The van der Waals surface area contributed by atoms with E-state index in [1.54, 1.807) is 19.0 Å². The van der Waals surface area contributed by atoms with Crippen molar-refractivity contribution in [2.24, 2.45) is 0 Å². The maximum absolute atomic E-state index is 9.35. The lowest BCUT2D eigenvalue weighted by molar-refractivity contribution is 0.132. The second-order valence-corrected chi connectivity index (χ2v) is 4.54. The molecule has 1 rings (SSSR count). The van der Waals surface area contributed by atoms with Crippen molar-refractivity contribution in [3.8, 4) is 0 Å². The van der Waals surface area contributed by atoms with E-state index in [1.165, 1.54) is 0 Å². The number of nitrogens with one attached hydrogen (secondary N) is 1. The highest BCUT2D eigenvalue weighted by molar-refractivity contribution is 6.28. The molecule has 102 valence electrons. The van der Waals surface area contributed by atoms with Crippen molar-refractivity contribution in [1.29, 1.82) is 0 Å². The molecule has 0 saturated heterocycles. The molecule has 0 spiro atoms. The first-order valence-corrected chi connectivity index (χ1v) is 5.93. The first-order chi connectivity index (χ1) is 8.46. The molecule has 0 amide bonds. The van der Waals surface area contributed by atoms with Crippen molar-refractivity contribution >= 4 is 23.5 Å². The van der Waals surface area contributed by atoms with Gasteiger partial charge < -0.3 is 20.4 Å². The van der Waals surface area contributed by atoms with Gasteiger partial charge in [-0.25, -0.2) is 0 Å². The third-order valence-corrected chi connectivity index (χ3v) is 2.82. The normalized spacial score (nSPS) is 11.4. The van der Waals surface area contributed by atoms with Crippen molar-refractivity contribution in [2.75, 3.05) is 37.5 Å². The Bertz CT molecular complexity index is 390. The van der Waals surface area contributed by atoms with Gasteiger partial charge in [0.1, 0.15) is 0 Å². The molecule has 18 heavy (non-hydrogen) atoms. The minimum atomic E-state index is -0.867. The van der Waals surface area contributed by atoms with Gasteiger partial charge in [0.25, 0.3) is 0 Å². The fourth-order valence-electron chi connectivity index (χ4n) is 1.27. The molecule has 0 unspecified atom stereocenters. The molecular weight excluding hydrogens is 258 g/mol. The highest BCUT2D eigenvalue weighted by Gasteiger charge is 2.27. The predicted molar refractivity (Wildman–Crippen MR) is 70.0 cm³/mol. The van der Waals surface area contributed by atoms with Gasteiger partial charge in [-0.15, -0.1) is 0 Å². The number of rotatable bonds is 6. The van der Waals surface area contributed by atoms with Crippen LogP contribution in [0.1, 0.15) is 13.3 Å². The van der Waals surface area contributed by atoms with Crippen LogP contribution in [0.2, 0.25) is 5.28 Å². The van der Waals surface area contributed by atoms with Crippen LogP contribution in [0.4, 0.5) is 11.9 Å². The number of anilines is 2. The number of hydrogen-bond donors (Lipinski definition) is 3. The van der Waals surface area contributed by atoms with E-state index < -0.39 is 5.54 Å². The second-order valence-electron chi connectivity index (χ2n) is 4.20. The van der Waals surface area contributed by atoms with Crippen LogP contribution in [-0.2, 0) is 0 Å². The highest BCUT2D eigenvalue weighted by Crippen LogP contribution is 2.18. The lowest BCUT2D eigenvalue weighted by Crippen LogP contribution is -2.45. The van der Waals surface area contributed by atoms with Crippen molar-refractivity contribution in [1.82, 2.24) is 15.0 Å². The Hall–Kier alpha value is -1.18. The van der Waals surface area contributed by atoms with Crippen LogP contribution in [0.3, 0.4) is 0 Å². The summed E-state index contributed by atoms with van der Waals surface area (Å²) in [4.78, 5) is 13.7. The molecule has 0 saturated carbocycles. The zero-order valence-electron chi connectivity index (χ0n) is 10.7. The summed E-state index contributed by atoms with van der Waals surface area (Å²) in [7, 11) is 3.56. The average Bonchev–Trinajstić information content (AvgIpc) is 2.35. The number of aliphatic hydroxyl groups excluding tert-OH is 2. The molecule has 0 fully saturated rings. The molecule has 0 atom stereocenters. The SMILES string of the molecule is CCC(CO)(CO)Nc1nc(Cl)nc(N(C)C)n1. The third kappa shape index (κ3) is 3.41. The van der Waals surface area contributed by atoms with E-state index in [1.807, 2.05) is 6.92 Å². The van der Waals surface area contributed by atoms with E-state index in [0.29, 0.717) is 12.4 Å². The van der Waals surface area contributed by atoms with E-state index in [2.05, 4.69) is 20.3 Å². The van der Waals surface area contributed by atoms with Crippen LogP contribution in [-0.4, -0.2) is 58.0 Å². The minimum Gasteiger partial charge on any atom is -0.394 e. The zero-order valence-corrected chi connectivity index (χ0v) is 11.4. The summed E-state index contributed by atoms with van der Waals surface area (Å²) in [6, 6.07) is 0. The Labute approximate surface area is 111 Å².